The van der Waals surface area contributed by atoms with E-state index in [2.05, 4.69) is 20.5 Å². The molecule has 0 radical (unpaired) electrons. The second-order valence-corrected chi connectivity index (χ2v) is 5.88. The minimum atomic E-state index is -0.754. The van der Waals surface area contributed by atoms with Crippen LogP contribution >= 0.6 is 0 Å². The van der Waals surface area contributed by atoms with Gasteiger partial charge in [0.15, 0.2) is 5.82 Å². The predicted molar refractivity (Wildman–Crippen MR) is 82.2 cm³/mol. The van der Waals surface area contributed by atoms with E-state index in [1.54, 1.807) is 12.1 Å². The third-order valence-corrected chi connectivity index (χ3v) is 4.18. The van der Waals surface area contributed by atoms with Crippen molar-refractivity contribution < 1.29 is 9.90 Å². The van der Waals surface area contributed by atoms with E-state index in [4.69, 9.17) is 0 Å². The molecular weight excluding hydrogens is 280 g/mol. The van der Waals surface area contributed by atoms with Crippen molar-refractivity contribution in [3.63, 3.8) is 0 Å². The Hall–Kier alpha value is -2.21. The van der Waals surface area contributed by atoms with Crippen molar-refractivity contribution in [2.45, 2.75) is 37.7 Å². The lowest BCUT2D eigenvalue weighted by Gasteiger charge is -2.32. The smallest absolute Gasteiger partial charge is 0.251 e. The summed E-state index contributed by atoms with van der Waals surface area (Å²) < 4.78 is 0. The third kappa shape index (κ3) is 3.33. The lowest BCUT2D eigenvalue weighted by molar-refractivity contribution is 0.00526. The van der Waals surface area contributed by atoms with Crippen LogP contribution in [-0.4, -0.2) is 38.3 Å². The molecule has 1 aliphatic rings. The zero-order chi connectivity index (χ0) is 15.4. The van der Waals surface area contributed by atoms with Gasteiger partial charge in [0.2, 0.25) is 0 Å². The number of benzene rings is 1. The molecule has 1 saturated carbocycles. The van der Waals surface area contributed by atoms with Crippen LogP contribution in [0.5, 0.6) is 0 Å². The van der Waals surface area contributed by atoms with Crippen LogP contribution in [-0.2, 0) is 0 Å². The van der Waals surface area contributed by atoms with E-state index in [1.165, 1.54) is 6.33 Å². The van der Waals surface area contributed by atoms with Crippen LogP contribution in [0.3, 0.4) is 0 Å². The largest absolute Gasteiger partial charge is 0.388 e. The van der Waals surface area contributed by atoms with E-state index < -0.39 is 5.60 Å². The number of rotatable bonds is 4. The average Bonchev–Trinajstić information content (AvgIpc) is 3.08. The predicted octanol–water partition coefficient (Wildman–Crippen LogP) is 1.90. The van der Waals surface area contributed by atoms with Crippen molar-refractivity contribution in [1.82, 2.24) is 20.5 Å². The number of aromatic amines is 1. The fraction of sp³-hybridized carbons (Fsp3) is 0.438. The van der Waals surface area contributed by atoms with Crippen molar-refractivity contribution in [3.05, 3.63) is 36.2 Å². The van der Waals surface area contributed by atoms with Crippen molar-refractivity contribution in [3.8, 4) is 11.4 Å². The normalized spacial score (nSPS) is 17.1. The number of carbonyl (C=O) groups excluding carboxylic acids is 1. The second-order valence-electron chi connectivity index (χ2n) is 5.88. The molecule has 6 heteroatoms. The highest BCUT2D eigenvalue weighted by Crippen LogP contribution is 2.27. The maximum atomic E-state index is 12.3. The molecule has 2 aromatic rings. The summed E-state index contributed by atoms with van der Waals surface area (Å²) in [4.78, 5) is 16.4. The van der Waals surface area contributed by atoms with E-state index in [0.717, 1.165) is 37.7 Å². The number of carbonyl (C=O) groups is 1. The Kier molecular flexibility index (Phi) is 4.20. The van der Waals surface area contributed by atoms with Crippen LogP contribution in [0.2, 0.25) is 0 Å². The third-order valence-electron chi connectivity index (χ3n) is 4.18. The first-order valence-electron chi connectivity index (χ1n) is 7.63. The van der Waals surface area contributed by atoms with Crippen LogP contribution in [0, 0.1) is 0 Å². The van der Waals surface area contributed by atoms with Gasteiger partial charge in [-0.2, -0.15) is 5.10 Å². The number of aliphatic hydroxyl groups is 1. The molecule has 3 rings (SSSR count). The summed E-state index contributed by atoms with van der Waals surface area (Å²) in [5.41, 5.74) is 0.603. The standard InChI is InChI=1S/C16H20N4O2/c21-15(17-10-16(22)7-2-1-3-8-16)13-6-4-5-12(9-13)14-18-11-19-20-14/h4-6,9,11,22H,1-3,7-8,10H2,(H,17,21)(H,18,19,20). The molecule has 0 bridgehead atoms. The van der Waals surface area contributed by atoms with Gasteiger partial charge in [-0.15, -0.1) is 0 Å². The van der Waals surface area contributed by atoms with Gasteiger partial charge in [-0.05, 0) is 25.0 Å². The van der Waals surface area contributed by atoms with Crippen LogP contribution in [0.25, 0.3) is 11.4 Å². The molecule has 1 fully saturated rings. The average molecular weight is 300 g/mol. The van der Waals surface area contributed by atoms with Gasteiger partial charge in [0.1, 0.15) is 6.33 Å². The SMILES string of the molecule is O=C(NCC1(O)CCCCC1)c1cccc(-c2ncn[nH]2)c1. The lowest BCUT2D eigenvalue weighted by atomic mass is 9.85. The van der Waals surface area contributed by atoms with Gasteiger partial charge in [-0.1, -0.05) is 31.4 Å². The second kappa shape index (κ2) is 6.27. The summed E-state index contributed by atoms with van der Waals surface area (Å²) in [6, 6.07) is 7.19. The Labute approximate surface area is 129 Å². The molecule has 1 aromatic heterocycles. The van der Waals surface area contributed by atoms with Gasteiger partial charge in [-0.3, -0.25) is 9.89 Å². The molecule has 0 saturated heterocycles. The molecule has 1 aromatic carbocycles. The molecule has 0 aliphatic heterocycles. The van der Waals surface area contributed by atoms with Gasteiger partial charge >= 0.3 is 0 Å². The Morgan fingerprint density at radius 2 is 2.14 bits per heavy atom. The monoisotopic (exact) mass is 300 g/mol. The zero-order valence-electron chi connectivity index (χ0n) is 12.4. The fourth-order valence-electron chi connectivity index (χ4n) is 2.89. The van der Waals surface area contributed by atoms with E-state index >= 15 is 0 Å². The van der Waals surface area contributed by atoms with Gasteiger partial charge in [0, 0.05) is 17.7 Å². The summed E-state index contributed by atoms with van der Waals surface area (Å²) in [6.45, 7) is 0.304. The van der Waals surface area contributed by atoms with Crippen molar-refractivity contribution >= 4 is 5.91 Å². The molecule has 0 spiro atoms. The molecule has 6 nitrogen and oxygen atoms in total. The summed E-state index contributed by atoms with van der Waals surface area (Å²) in [5.74, 6) is 0.445. The van der Waals surface area contributed by atoms with E-state index in [9.17, 15) is 9.90 Å². The maximum Gasteiger partial charge on any atom is 0.251 e. The van der Waals surface area contributed by atoms with Gasteiger partial charge in [0.25, 0.3) is 5.91 Å². The van der Waals surface area contributed by atoms with E-state index in [0.29, 0.717) is 17.9 Å². The van der Waals surface area contributed by atoms with Gasteiger partial charge in [-0.25, -0.2) is 4.98 Å². The molecule has 1 amide bonds. The van der Waals surface area contributed by atoms with E-state index in [1.807, 2.05) is 12.1 Å². The summed E-state index contributed by atoms with van der Waals surface area (Å²) in [6.07, 6.45) is 6.15. The number of H-pyrrole nitrogens is 1. The van der Waals surface area contributed by atoms with Crippen LogP contribution in [0.15, 0.2) is 30.6 Å². The van der Waals surface area contributed by atoms with E-state index in [-0.39, 0.29) is 5.91 Å². The number of hydrogen-bond donors (Lipinski definition) is 3. The Morgan fingerprint density at radius 3 is 2.86 bits per heavy atom. The van der Waals surface area contributed by atoms with Crippen molar-refractivity contribution in [2.75, 3.05) is 6.54 Å². The van der Waals surface area contributed by atoms with Gasteiger partial charge < -0.3 is 10.4 Å². The summed E-state index contributed by atoms with van der Waals surface area (Å²) in [7, 11) is 0. The lowest BCUT2D eigenvalue weighted by Crippen LogP contribution is -2.44. The molecule has 0 unspecified atom stereocenters. The Balaban J connectivity index is 1.66. The molecule has 116 valence electrons. The zero-order valence-corrected chi connectivity index (χ0v) is 12.4. The number of nitrogens with one attached hydrogen (secondary N) is 2. The fourth-order valence-corrected chi connectivity index (χ4v) is 2.89. The first kappa shape index (κ1) is 14.7. The van der Waals surface area contributed by atoms with Crippen LogP contribution in [0.4, 0.5) is 0 Å². The Morgan fingerprint density at radius 1 is 1.32 bits per heavy atom. The summed E-state index contributed by atoms with van der Waals surface area (Å²) in [5, 5.41) is 19.9. The highest BCUT2D eigenvalue weighted by molar-refractivity contribution is 5.95. The number of aromatic nitrogens is 3. The van der Waals surface area contributed by atoms with Crippen LogP contribution < -0.4 is 5.32 Å². The first-order chi connectivity index (χ1) is 10.7. The molecular formula is C16H20N4O2. The molecule has 1 heterocycles. The maximum absolute atomic E-state index is 12.3. The molecule has 22 heavy (non-hydrogen) atoms. The quantitative estimate of drug-likeness (QED) is 0.804. The summed E-state index contributed by atoms with van der Waals surface area (Å²) >= 11 is 0. The van der Waals surface area contributed by atoms with Gasteiger partial charge in [0.05, 0.1) is 5.60 Å². The van der Waals surface area contributed by atoms with Crippen molar-refractivity contribution in [2.24, 2.45) is 0 Å². The highest BCUT2D eigenvalue weighted by Gasteiger charge is 2.29. The van der Waals surface area contributed by atoms with Crippen molar-refractivity contribution in [1.29, 1.82) is 0 Å². The number of nitrogens with zero attached hydrogens (tertiary/aromatic N) is 2. The first-order valence-corrected chi connectivity index (χ1v) is 7.63. The topological polar surface area (TPSA) is 90.9 Å². The molecule has 1 aliphatic carbocycles. The molecule has 0 atom stereocenters. The minimum Gasteiger partial charge on any atom is -0.388 e. The molecule has 3 N–H and O–H groups in total. The number of hydrogen-bond acceptors (Lipinski definition) is 4. The highest BCUT2D eigenvalue weighted by atomic mass is 16.3. The minimum absolute atomic E-state index is 0.180. The van der Waals surface area contributed by atoms with Crippen LogP contribution in [0.1, 0.15) is 42.5 Å². The number of amides is 1. The Bertz CT molecular complexity index is 633.